The molecule has 0 rings (SSSR count). The van der Waals surface area contributed by atoms with Crippen LogP contribution in [0, 0.1) is 0 Å². The van der Waals surface area contributed by atoms with Crippen molar-refractivity contribution in [3.05, 3.63) is 0 Å². The van der Waals surface area contributed by atoms with E-state index in [4.69, 9.17) is 4.74 Å². The lowest BCUT2D eigenvalue weighted by Gasteiger charge is -2.20. The molecule has 6 heteroatoms. The molecule has 0 aromatic carbocycles. The smallest absolute Gasteiger partial charge is 0.248 e. The van der Waals surface area contributed by atoms with Crippen LogP contribution in [0.4, 0.5) is 0 Å². The largest absolute Gasteiger partial charge is 0.362 e. The van der Waals surface area contributed by atoms with Gasteiger partial charge < -0.3 is 14.5 Å². The summed E-state index contributed by atoms with van der Waals surface area (Å²) in [4.78, 5) is 26.9. The van der Waals surface area contributed by atoms with Crippen molar-refractivity contribution in [1.29, 1.82) is 0 Å². The molecular formula is C15H30N2O3S. The number of rotatable bonds is 12. The van der Waals surface area contributed by atoms with Crippen molar-refractivity contribution in [2.75, 3.05) is 45.6 Å². The zero-order valence-corrected chi connectivity index (χ0v) is 14.5. The Hall–Kier alpha value is -0.750. The number of unbranched alkanes of at least 4 members (excludes halogenated alkanes) is 3. The molecule has 0 aromatic rings. The number of thiol groups is 1. The molecule has 0 fully saturated rings. The molecule has 0 N–H and O–H groups in total. The molecule has 2 amide bonds. The summed E-state index contributed by atoms with van der Waals surface area (Å²) in [6.07, 6.45) is 4.38. The molecule has 21 heavy (non-hydrogen) atoms. The van der Waals surface area contributed by atoms with Gasteiger partial charge in [-0.2, -0.15) is 12.6 Å². The third-order valence-electron chi connectivity index (χ3n) is 3.39. The average molecular weight is 318 g/mol. The van der Waals surface area contributed by atoms with E-state index in [0.29, 0.717) is 13.1 Å². The number of hydrogen-bond acceptors (Lipinski definition) is 4. The molecule has 0 saturated carbocycles. The highest BCUT2D eigenvalue weighted by atomic mass is 32.1. The lowest BCUT2D eigenvalue weighted by atomic mass is 10.2. The first-order chi connectivity index (χ1) is 10.1. The Kier molecular flexibility index (Phi) is 12.5. The molecule has 0 unspecified atom stereocenters. The van der Waals surface area contributed by atoms with Crippen molar-refractivity contribution in [1.82, 2.24) is 9.80 Å². The topological polar surface area (TPSA) is 49.9 Å². The van der Waals surface area contributed by atoms with Crippen molar-refractivity contribution in [2.45, 2.75) is 39.5 Å². The third-order valence-corrected chi connectivity index (χ3v) is 3.71. The molecule has 124 valence electrons. The summed E-state index contributed by atoms with van der Waals surface area (Å²) in [6.45, 7) is 5.86. The first-order valence-electron chi connectivity index (χ1n) is 7.77. The van der Waals surface area contributed by atoms with Crippen LogP contribution in [0.5, 0.6) is 0 Å². The van der Waals surface area contributed by atoms with E-state index in [0.717, 1.165) is 38.0 Å². The second-order valence-corrected chi connectivity index (χ2v) is 5.46. The molecule has 0 spiro atoms. The normalized spacial score (nSPS) is 10.5. The molecule has 0 aliphatic heterocycles. The third kappa shape index (κ3) is 9.74. The summed E-state index contributed by atoms with van der Waals surface area (Å²) in [5.41, 5.74) is 0. The number of hydrogen-bond donors (Lipinski definition) is 1. The van der Waals surface area contributed by atoms with Crippen LogP contribution in [-0.2, 0) is 14.3 Å². The molecule has 0 aliphatic rings. The van der Waals surface area contributed by atoms with Crippen molar-refractivity contribution in [3.8, 4) is 0 Å². The Morgan fingerprint density at radius 2 is 1.52 bits per heavy atom. The van der Waals surface area contributed by atoms with E-state index in [1.807, 2.05) is 13.8 Å². The van der Waals surface area contributed by atoms with Crippen molar-refractivity contribution in [2.24, 2.45) is 0 Å². The first-order valence-corrected chi connectivity index (χ1v) is 8.40. The Balaban J connectivity index is 3.75. The van der Waals surface area contributed by atoms with Crippen LogP contribution < -0.4 is 0 Å². The van der Waals surface area contributed by atoms with Crippen LogP contribution in [0.3, 0.4) is 0 Å². The molecule has 0 aromatic heterocycles. The molecular weight excluding hydrogens is 288 g/mol. The van der Waals surface area contributed by atoms with Crippen molar-refractivity contribution < 1.29 is 14.3 Å². The molecule has 0 bridgehead atoms. The van der Waals surface area contributed by atoms with Crippen LogP contribution in [-0.4, -0.2) is 67.3 Å². The van der Waals surface area contributed by atoms with Crippen molar-refractivity contribution in [3.63, 3.8) is 0 Å². The molecule has 0 saturated heterocycles. The zero-order chi connectivity index (χ0) is 16.1. The van der Waals surface area contributed by atoms with E-state index in [1.165, 1.54) is 0 Å². The molecule has 5 nitrogen and oxygen atoms in total. The van der Waals surface area contributed by atoms with E-state index in [1.54, 1.807) is 16.8 Å². The van der Waals surface area contributed by atoms with E-state index in [-0.39, 0.29) is 25.0 Å². The number of nitrogens with zero attached hydrogens (tertiary/aromatic N) is 2. The Morgan fingerprint density at radius 1 is 0.952 bits per heavy atom. The standard InChI is InChI=1S/C15H30N2O3S/c1-4-17(5-2)15(19)13-20-12-14(18)16(3)10-8-6-7-9-11-21/h21H,4-13H2,1-3H3. The summed E-state index contributed by atoms with van der Waals surface area (Å²) in [5.74, 6) is 0.780. The summed E-state index contributed by atoms with van der Waals surface area (Å²) in [6, 6.07) is 0. The minimum absolute atomic E-state index is 0.0246. The van der Waals surface area contributed by atoms with Gasteiger partial charge in [0.15, 0.2) is 0 Å². The average Bonchev–Trinajstić information content (AvgIpc) is 2.47. The van der Waals surface area contributed by atoms with E-state index >= 15 is 0 Å². The van der Waals surface area contributed by atoms with Crippen LogP contribution in [0.2, 0.25) is 0 Å². The monoisotopic (exact) mass is 318 g/mol. The fraction of sp³-hybridized carbons (Fsp3) is 0.867. The van der Waals surface area contributed by atoms with E-state index in [2.05, 4.69) is 12.6 Å². The van der Waals surface area contributed by atoms with Gasteiger partial charge in [-0.3, -0.25) is 9.59 Å². The van der Waals surface area contributed by atoms with Crippen LogP contribution in [0.15, 0.2) is 0 Å². The minimum atomic E-state index is -0.0726. The second-order valence-electron chi connectivity index (χ2n) is 5.01. The van der Waals surface area contributed by atoms with Crippen LogP contribution in [0.25, 0.3) is 0 Å². The quantitative estimate of drug-likeness (QED) is 0.441. The van der Waals surface area contributed by atoms with Gasteiger partial charge in [-0.15, -0.1) is 0 Å². The van der Waals surface area contributed by atoms with Gasteiger partial charge in [0.25, 0.3) is 0 Å². The number of likely N-dealkylation sites (N-methyl/N-ethyl adjacent to an activating group) is 2. The van der Waals surface area contributed by atoms with Gasteiger partial charge in [0.05, 0.1) is 0 Å². The Labute approximate surface area is 134 Å². The highest BCUT2D eigenvalue weighted by Crippen LogP contribution is 2.02. The van der Waals surface area contributed by atoms with Crippen LogP contribution in [0.1, 0.15) is 39.5 Å². The number of amides is 2. The van der Waals surface area contributed by atoms with Crippen LogP contribution >= 0.6 is 12.6 Å². The molecule has 0 atom stereocenters. The number of carbonyl (C=O) groups excluding carboxylic acids is 2. The van der Waals surface area contributed by atoms with Gasteiger partial charge in [0.2, 0.25) is 11.8 Å². The molecule has 0 radical (unpaired) electrons. The number of carbonyl (C=O) groups is 2. The Morgan fingerprint density at radius 3 is 2.10 bits per heavy atom. The highest BCUT2D eigenvalue weighted by molar-refractivity contribution is 7.80. The van der Waals surface area contributed by atoms with Gasteiger partial charge in [0.1, 0.15) is 13.2 Å². The summed E-state index contributed by atoms with van der Waals surface area (Å²) >= 11 is 4.17. The lowest BCUT2D eigenvalue weighted by Crippen LogP contribution is -2.36. The summed E-state index contributed by atoms with van der Waals surface area (Å²) in [7, 11) is 1.77. The van der Waals surface area contributed by atoms with Gasteiger partial charge in [-0.05, 0) is 32.4 Å². The number of ether oxygens (including phenoxy) is 1. The summed E-state index contributed by atoms with van der Waals surface area (Å²) < 4.78 is 5.22. The Bertz CT molecular complexity index is 297. The molecule has 0 heterocycles. The van der Waals surface area contributed by atoms with Gasteiger partial charge in [0, 0.05) is 26.7 Å². The van der Waals surface area contributed by atoms with Gasteiger partial charge in [-0.25, -0.2) is 0 Å². The zero-order valence-electron chi connectivity index (χ0n) is 13.6. The maximum Gasteiger partial charge on any atom is 0.248 e. The maximum absolute atomic E-state index is 11.8. The minimum Gasteiger partial charge on any atom is -0.362 e. The predicted octanol–water partition coefficient (Wildman–Crippen LogP) is 1.82. The molecule has 0 aliphatic carbocycles. The maximum atomic E-state index is 11.8. The van der Waals surface area contributed by atoms with E-state index in [9.17, 15) is 9.59 Å². The fourth-order valence-corrected chi connectivity index (χ4v) is 2.17. The van der Waals surface area contributed by atoms with Gasteiger partial charge >= 0.3 is 0 Å². The first kappa shape index (κ1) is 20.2. The highest BCUT2D eigenvalue weighted by Gasteiger charge is 2.12. The predicted molar refractivity (Wildman–Crippen MR) is 88.7 cm³/mol. The van der Waals surface area contributed by atoms with Crippen molar-refractivity contribution >= 4 is 24.4 Å². The summed E-state index contributed by atoms with van der Waals surface area (Å²) in [5, 5.41) is 0. The lowest BCUT2D eigenvalue weighted by molar-refractivity contribution is -0.141. The fourth-order valence-electron chi connectivity index (χ4n) is 1.94. The SMILES string of the molecule is CCN(CC)C(=O)COCC(=O)N(C)CCCCCCS. The van der Waals surface area contributed by atoms with E-state index < -0.39 is 0 Å². The van der Waals surface area contributed by atoms with Gasteiger partial charge in [-0.1, -0.05) is 12.8 Å². The second kappa shape index (κ2) is 13.0.